The molecule has 3 aromatic rings. The molecule has 0 bridgehead atoms. The van der Waals surface area contributed by atoms with Gasteiger partial charge in [0.15, 0.2) is 18.1 Å². The van der Waals surface area contributed by atoms with Crippen LogP contribution in [0.5, 0.6) is 17.2 Å². The number of nitrogens with one attached hydrogen (secondary N) is 2. The number of methoxy groups -OCH3 is 1. The first-order valence-corrected chi connectivity index (χ1v) is 10.9. The zero-order valence-electron chi connectivity index (χ0n) is 19.0. The van der Waals surface area contributed by atoms with Crippen molar-refractivity contribution < 1.29 is 28.2 Å². The standard InChI is InChI=1S/C25H23ClFN3O5/c1-3-34-22-12-16(14-28-30-25(32)17-5-4-6-20(13-17)33-2)11-21(26)24(22)35-15-23(31)29-19-9-7-18(27)8-10-19/h4-14H,3,15H2,1-2H3,(H,29,31)(H,30,32)/b28-14+. The highest BCUT2D eigenvalue weighted by molar-refractivity contribution is 6.32. The number of amides is 2. The number of hydrogen-bond acceptors (Lipinski definition) is 6. The maximum absolute atomic E-state index is 13.0. The average molecular weight is 500 g/mol. The molecule has 0 spiro atoms. The van der Waals surface area contributed by atoms with Gasteiger partial charge in [0.2, 0.25) is 0 Å². The molecule has 0 saturated carbocycles. The van der Waals surface area contributed by atoms with Crippen LogP contribution in [-0.2, 0) is 4.79 Å². The van der Waals surface area contributed by atoms with Crippen molar-refractivity contribution in [2.75, 3.05) is 25.6 Å². The van der Waals surface area contributed by atoms with Crippen LogP contribution in [0.15, 0.2) is 65.8 Å². The molecule has 10 heteroatoms. The molecule has 0 radical (unpaired) electrons. The summed E-state index contributed by atoms with van der Waals surface area (Å²) in [6.07, 6.45) is 1.40. The summed E-state index contributed by atoms with van der Waals surface area (Å²) < 4.78 is 29.3. The normalized spacial score (nSPS) is 10.6. The average Bonchev–Trinajstić information content (AvgIpc) is 2.85. The van der Waals surface area contributed by atoms with Gasteiger partial charge in [0.25, 0.3) is 11.8 Å². The van der Waals surface area contributed by atoms with E-state index in [1.54, 1.807) is 43.3 Å². The zero-order valence-corrected chi connectivity index (χ0v) is 19.8. The highest BCUT2D eigenvalue weighted by Gasteiger charge is 2.14. The van der Waals surface area contributed by atoms with Crippen LogP contribution in [0.3, 0.4) is 0 Å². The van der Waals surface area contributed by atoms with Crippen LogP contribution in [0.2, 0.25) is 5.02 Å². The van der Waals surface area contributed by atoms with Crippen molar-refractivity contribution in [3.63, 3.8) is 0 Å². The minimum atomic E-state index is -0.457. The molecule has 0 aromatic heterocycles. The third-order valence-electron chi connectivity index (χ3n) is 4.52. The molecule has 0 aliphatic rings. The van der Waals surface area contributed by atoms with E-state index in [1.165, 1.54) is 37.6 Å². The maximum atomic E-state index is 13.0. The molecule has 0 aliphatic heterocycles. The van der Waals surface area contributed by atoms with E-state index in [4.69, 9.17) is 25.8 Å². The fourth-order valence-corrected chi connectivity index (χ4v) is 3.20. The molecule has 0 aliphatic carbocycles. The van der Waals surface area contributed by atoms with E-state index < -0.39 is 17.6 Å². The Morgan fingerprint density at radius 2 is 1.86 bits per heavy atom. The second-order valence-corrected chi connectivity index (χ2v) is 7.45. The third kappa shape index (κ3) is 7.44. The molecule has 35 heavy (non-hydrogen) atoms. The Hall–Kier alpha value is -4.11. The van der Waals surface area contributed by atoms with Gasteiger partial charge in [-0.25, -0.2) is 9.82 Å². The van der Waals surface area contributed by atoms with Gasteiger partial charge in [0.05, 0.1) is 25.0 Å². The largest absolute Gasteiger partial charge is 0.497 e. The van der Waals surface area contributed by atoms with Gasteiger partial charge in [-0.05, 0) is 67.1 Å². The number of carbonyl (C=O) groups excluding carboxylic acids is 2. The minimum absolute atomic E-state index is 0.181. The van der Waals surface area contributed by atoms with Crippen LogP contribution in [0, 0.1) is 5.82 Å². The summed E-state index contributed by atoms with van der Waals surface area (Å²) in [6, 6.07) is 15.2. The smallest absolute Gasteiger partial charge is 0.271 e. The van der Waals surface area contributed by atoms with Crippen molar-refractivity contribution in [3.05, 3.63) is 82.6 Å². The fraction of sp³-hybridized carbons (Fsp3) is 0.160. The summed E-state index contributed by atoms with van der Waals surface area (Å²) in [5, 5.41) is 6.74. The SMILES string of the molecule is CCOc1cc(/C=N/NC(=O)c2cccc(OC)c2)cc(Cl)c1OCC(=O)Nc1ccc(F)cc1. The molecular weight excluding hydrogens is 477 g/mol. The van der Waals surface area contributed by atoms with Crippen molar-refractivity contribution in [2.24, 2.45) is 5.10 Å². The van der Waals surface area contributed by atoms with Crippen molar-refractivity contribution in [2.45, 2.75) is 6.92 Å². The van der Waals surface area contributed by atoms with E-state index in [0.717, 1.165) is 0 Å². The van der Waals surface area contributed by atoms with Crippen molar-refractivity contribution in [3.8, 4) is 17.2 Å². The summed E-state index contributed by atoms with van der Waals surface area (Å²) in [5.41, 5.74) is 3.78. The summed E-state index contributed by atoms with van der Waals surface area (Å²) in [6.45, 7) is 1.76. The molecule has 0 fully saturated rings. The summed E-state index contributed by atoms with van der Waals surface area (Å²) >= 11 is 6.36. The summed E-state index contributed by atoms with van der Waals surface area (Å²) in [5.74, 6) is -0.243. The Balaban J connectivity index is 1.65. The third-order valence-corrected chi connectivity index (χ3v) is 4.80. The molecule has 2 N–H and O–H groups in total. The van der Waals surface area contributed by atoms with E-state index in [1.807, 2.05) is 0 Å². The first-order chi connectivity index (χ1) is 16.9. The van der Waals surface area contributed by atoms with E-state index in [9.17, 15) is 14.0 Å². The number of carbonyl (C=O) groups is 2. The van der Waals surface area contributed by atoms with Gasteiger partial charge in [0.1, 0.15) is 11.6 Å². The predicted molar refractivity (Wildman–Crippen MR) is 131 cm³/mol. The van der Waals surface area contributed by atoms with Crippen LogP contribution >= 0.6 is 11.6 Å². The van der Waals surface area contributed by atoms with Crippen LogP contribution in [-0.4, -0.2) is 38.4 Å². The van der Waals surface area contributed by atoms with Gasteiger partial charge < -0.3 is 19.5 Å². The van der Waals surface area contributed by atoms with E-state index in [-0.39, 0.29) is 17.4 Å². The van der Waals surface area contributed by atoms with E-state index in [2.05, 4.69) is 15.8 Å². The lowest BCUT2D eigenvalue weighted by Gasteiger charge is -2.14. The highest BCUT2D eigenvalue weighted by Crippen LogP contribution is 2.36. The number of rotatable bonds is 10. The number of benzene rings is 3. The molecule has 0 heterocycles. The number of anilines is 1. The van der Waals surface area contributed by atoms with Gasteiger partial charge in [-0.15, -0.1) is 0 Å². The monoisotopic (exact) mass is 499 g/mol. The van der Waals surface area contributed by atoms with Crippen molar-refractivity contribution in [1.82, 2.24) is 5.43 Å². The topological polar surface area (TPSA) is 98.2 Å². The zero-order chi connectivity index (χ0) is 25.2. The molecule has 182 valence electrons. The maximum Gasteiger partial charge on any atom is 0.271 e. The number of hydrazone groups is 1. The number of hydrogen-bond donors (Lipinski definition) is 2. The first-order valence-electron chi connectivity index (χ1n) is 10.5. The Labute approximate surface area is 206 Å². The minimum Gasteiger partial charge on any atom is -0.497 e. The molecule has 0 unspecified atom stereocenters. The second kappa shape index (κ2) is 12.4. The van der Waals surface area contributed by atoms with Crippen LogP contribution in [0.1, 0.15) is 22.8 Å². The number of ether oxygens (including phenoxy) is 3. The van der Waals surface area contributed by atoms with Gasteiger partial charge in [-0.2, -0.15) is 5.10 Å². The fourth-order valence-electron chi connectivity index (χ4n) is 2.93. The Morgan fingerprint density at radius 1 is 1.09 bits per heavy atom. The lowest BCUT2D eigenvalue weighted by Crippen LogP contribution is -2.20. The van der Waals surface area contributed by atoms with Crippen molar-refractivity contribution in [1.29, 1.82) is 0 Å². The summed E-state index contributed by atoms with van der Waals surface area (Å²) in [4.78, 5) is 24.5. The van der Waals surface area contributed by atoms with Crippen molar-refractivity contribution >= 4 is 35.3 Å². The molecule has 0 saturated heterocycles. The highest BCUT2D eigenvalue weighted by atomic mass is 35.5. The molecule has 8 nitrogen and oxygen atoms in total. The lowest BCUT2D eigenvalue weighted by molar-refractivity contribution is -0.118. The first kappa shape index (κ1) is 25.5. The quantitative estimate of drug-likeness (QED) is 0.312. The van der Waals surface area contributed by atoms with E-state index >= 15 is 0 Å². The Bertz CT molecular complexity index is 1220. The van der Waals surface area contributed by atoms with Crippen LogP contribution < -0.4 is 25.0 Å². The predicted octanol–water partition coefficient (Wildman–Crippen LogP) is 4.67. The van der Waals surface area contributed by atoms with Gasteiger partial charge in [0, 0.05) is 11.3 Å². The Morgan fingerprint density at radius 3 is 2.57 bits per heavy atom. The van der Waals surface area contributed by atoms with Crippen LogP contribution in [0.4, 0.5) is 10.1 Å². The molecule has 2 amide bonds. The number of nitrogens with zero attached hydrogens (tertiary/aromatic N) is 1. The van der Waals surface area contributed by atoms with Gasteiger partial charge in [-0.1, -0.05) is 17.7 Å². The Kier molecular flexibility index (Phi) is 9.02. The van der Waals surface area contributed by atoms with Crippen LogP contribution in [0.25, 0.3) is 0 Å². The van der Waals surface area contributed by atoms with E-state index in [0.29, 0.717) is 34.9 Å². The molecule has 3 aromatic carbocycles. The van der Waals surface area contributed by atoms with Gasteiger partial charge >= 0.3 is 0 Å². The molecule has 3 rings (SSSR count). The summed E-state index contributed by atoms with van der Waals surface area (Å²) in [7, 11) is 1.51. The molecular formula is C25H23ClFN3O5. The molecule has 0 atom stereocenters. The van der Waals surface area contributed by atoms with Gasteiger partial charge in [-0.3, -0.25) is 9.59 Å². The number of halogens is 2. The lowest BCUT2D eigenvalue weighted by atomic mass is 10.2. The second-order valence-electron chi connectivity index (χ2n) is 7.04.